The Labute approximate surface area is 160 Å². The Morgan fingerprint density at radius 1 is 1.36 bits per heavy atom. The van der Waals surface area contributed by atoms with E-state index in [0.717, 1.165) is 0 Å². The number of primary amides is 1. The van der Waals surface area contributed by atoms with Crippen LogP contribution in [0.5, 0.6) is 17.2 Å². The molecule has 28 heavy (non-hydrogen) atoms. The largest absolute Gasteiger partial charge is 0.484 e. The van der Waals surface area contributed by atoms with E-state index < -0.39 is 24.7 Å². The van der Waals surface area contributed by atoms with Gasteiger partial charge < -0.3 is 29.6 Å². The number of nitrogens with zero attached hydrogens (tertiary/aromatic N) is 2. The number of hydrogen-bond donors (Lipinski definition) is 1. The number of rotatable bonds is 5. The van der Waals surface area contributed by atoms with Crippen LogP contribution in [0.1, 0.15) is 18.4 Å². The van der Waals surface area contributed by atoms with Crippen LogP contribution in [0.25, 0.3) is 0 Å². The Balaban J connectivity index is 1.96. The highest BCUT2D eigenvalue weighted by molar-refractivity contribution is 5.71. The lowest BCUT2D eigenvalue weighted by Gasteiger charge is -2.36. The van der Waals surface area contributed by atoms with Crippen molar-refractivity contribution in [2.75, 3.05) is 33.4 Å². The number of halogens is 2. The molecule has 0 aromatic heterocycles. The number of nitriles is 1. The molecule has 1 aromatic rings. The van der Waals surface area contributed by atoms with Gasteiger partial charge in [0.15, 0.2) is 23.4 Å². The molecule has 0 radical (unpaired) electrons. The van der Waals surface area contributed by atoms with E-state index in [0.29, 0.717) is 26.2 Å². The molecule has 2 heterocycles. The molecule has 2 aliphatic heterocycles. The number of benzene rings is 1. The minimum atomic E-state index is -3.13. The summed E-state index contributed by atoms with van der Waals surface area (Å²) >= 11 is 0. The zero-order valence-electron chi connectivity index (χ0n) is 15.3. The van der Waals surface area contributed by atoms with E-state index in [1.807, 2.05) is 6.07 Å². The number of ether oxygens (including phenoxy) is 4. The molecule has 0 spiro atoms. The van der Waals surface area contributed by atoms with Crippen molar-refractivity contribution in [2.45, 2.75) is 31.0 Å². The van der Waals surface area contributed by atoms with Crippen LogP contribution < -0.4 is 19.9 Å². The standard InChI is InChI=1S/C18H21F2N3O5/c1-23-6-4-15(18(19,20)10-23)28-16-12(8-21)13(27-17(22)24)2-3-14(16)26-11-5-7-25-9-11/h2-3,11,15H,4-7,9-10H2,1H3,(H2,22,24). The van der Waals surface area contributed by atoms with Crippen LogP contribution in [0.2, 0.25) is 0 Å². The maximum Gasteiger partial charge on any atom is 0.410 e. The van der Waals surface area contributed by atoms with Crippen molar-refractivity contribution in [2.24, 2.45) is 5.73 Å². The van der Waals surface area contributed by atoms with Gasteiger partial charge in [-0.1, -0.05) is 0 Å². The molecule has 2 atom stereocenters. The molecule has 0 bridgehead atoms. The first kappa shape index (κ1) is 20.1. The molecule has 8 nitrogen and oxygen atoms in total. The summed E-state index contributed by atoms with van der Waals surface area (Å²) < 4.78 is 50.4. The minimum absolute atomic E-state index is 0.0568. The van der Waals surface area contributed by atoms with Gasteiger partial charge in [-0.15, -0.1) is 0 Å². The molecular weight excluding hydrogens is 376 g/mol. The third-order valence-corrected chi connectivity index (χ3v) is 4.57. The van der Waals surface area contributed by atoms with Gasteiger partial charge in [-0.05, 0) is 19.2 Å². The summed E-state index contributed by atoms with van der Waals surface area (Å²) in [6, 6.07) is 4.55. The highest BCUT2D eigenvalue weighted by atomic mass is 19.3. The minimum Gasteiger partial charge on any atom is -0.484 e. The van der Waals surface area contributed by atoms with E-state index in [9.17, 15) is 18.8 Å². The monoisotopic (exact) mass is 397 g/mol. The molecule has 2 saturated heterocycles. The van der Waals surface area contributed by atoms with E-state index in [1.165, 1.54) is 17.0 Å². The number of nitrogens with two attached hydrogens (primary N) is 1. The van der Waals surface area contributed by atoms with Gasteiger partial charge in [0.2, 0.25) is 0 Å². The Hall–Kier alpha value is -2.64. The number of likely N-dealkylation sites (tertiary alicyclic amines) is 1. The first-order chi connectivity index (χ1) is 13.3. The van der Waals surface area contributed by atoms with Crippen LogP contribution in [0.15, 0.2) is 12.1 Å². The van der Waals surface area contributed by atoms with Crippen LogP contribution in [0, 0.1) is 11.3 Å². The number of hydrogen-bond acceptors (Lipinski definition) is 7. The normalized spacial score (nSPS) is 24.4. The third kappa shape index (κ3) is 4.43. The van der Waals surface area contributed by atoms with Crippen LogP contribution >= 0.6 is 0 Å². The van der Waals surface area contributed by atoms with Crippen LogP contribution in [-0.2, 0) is 4.74 Å². The van der Waals surface area contributed by atoms with Crippen molar-refractivity contribution < 1.29 is 32.5 Å². The Morgan fingerprint density at radius 3 is 2.71 bits per heavy atom. The van der Waals surface area contributed by atoms with Crippen molar-refractivity contribution in [1.82, 2.24) is 4.90 Å². The summed E-state index contributed by atoms with van der Waals surface area (Å²) in [5, 5.41) is 9.56. The van der Waals surface area contributed by atoms with E-state index in [2.05, 4.69) is 0 Å². The fourth-order valence-corrected chi connectivity index (χ4v) is 3.22. The second kappa shape index (κ2) is 8.16. The second-order valence-corrected chi connectivity index (χ2v) is 6.80. The van der Waals surface area contributed by atoms with E-state index >= 15 is 0 Å². The number of amides is 1. The molecule has 152 valence electrons. The fraction of sp³-hybridized carbons (Fsp3) is 0.556. The maximum atomic E-state index is 14.5. The van der Waals surface area contributed by atoms with Crippen molar-refractivity contribution in [1.29, 1.82) is 5.26 Å². The van der Waals surface area contributed by atoms with Gasteiger partial charge >= 0.3 is 6.09 Å². The van der Waals surface area contributed by atoms with Crippen LogP contribution in [0.3, 0.4) is 0 Å². The molecular formula is C18H21F2N3O5. The van der Waals surface area contributed by atoms with Gasteiger partial charge in [-0.25, -0.2) is 13.6 Å². The summed E-state index contributed by atoms with van der Waals surface area (Å²) in [6.07, 6.45) is -2.21. The molecule has 1 amide bonds. The molecule has 0 aliphatic carbocycles. The van der Waals surface area contributed by atoms with E-state index in [-0.39, 0.29) is 35.3 Å². The average Bonchev–Trinajstić information content (AvgIpc) is 3.11. The van der Waals surface area contributed by atoms with Gasteiger partial charge in [-0.3, -0.25) is 0 Å². The summed E-state index contributed by atoms with van der Waals surface area (Å²) in [4.78, 5) is 12.6. The summed E-state index contributed by atoms with van der Waals surface area (Å²) in [7, 11) is 1.60. The predicted molar refractivity (Wildman–Crippen MR) is 92.7 cm³/mol. The second-order valence-electron chi connectivity index (χ2n) is 6.80. The Morgan fingerprint density at radius 2 is 2.11 bits per heavy atom. The highest BCUT2D eigenvalue weighted by Gasteiger charge is 2.46. The quantitative estimate of drug-likeness (QED) is 0.809. The summed E-state index contributed by atoms with van der Waals surface area (Å²) in [5.41, 5.74) is 4.79. The van der Waals surface area contributed by atoms with Gasteiger partial charge in [0.05, 0.1) is 19.8 Å². The van der Waals surface area contributed by atoms with Gasteiger partial charge in [0, 0.05) is 19.4 Å². The average molecular weight is 397 g/mol. The van der Waals surface area contributed by atoms with Crippen molar-refractivity contribution in [3.05, 3.63) is 17.7 Å². The molecule has 3 rings (SSSR count). The zero-order valence-corrected chi connectivity index (χ0v) is 15.3. The van der Waals surface area contributed by atoms with Crippen LogP contribution in [0.4, 0.5) is 13.6 Å². The molecule has 1 aromatic carbocycles. The molecule has 2 fully saturated rings. The number of carbonyl (C=O) groups excluding carboxylic acids is 1. The summed E-state index contributed by atoms with van der Waals surface area (Å²) in [5.74, 6) is -3.40. The van der Waals surface area contributed by atoms with Gasteiger partial charge in [-0.2, -0.15) is 5.26 Å². The lowest BCUT2D eigenvalue weighted by atomic mass is 10.0. The first-order valence-electron chi connectivity index (χ1n) is 8.82. The first-order valence-corrected chi connectivity index (χ1v) is 8.82. The Bertz CT molecular complexity index is 777. The van der Waals surface area contributed by atoms with Gasteiger partial charge in [0.1, 0.15) is 17.7 Å². The lowest BCUT2D eigenvalue weighted by Crippen LogP contribution is -2.52. The molecule has 2 aliphatic rings. The predicted octanol–water partition coefficient (Wildman–Crippen LogP) is 1.90. The Kier molecular flexibility index (Phi) is 5.86. The topological polar surface area (TPSA) is 107 Å². The zero-order chi connectivity index (χ0) is 20.3. The van der Waals surface area contributed by atoms with Crippen molar-refractivity contribution >= 4 is 6.09 Å². The number of piperidine rings is 1. The van der Waals surface area contributed by atoms with Crippen molar-refractivity contribution in [3.8, 4) is 23.3 Å². The summed E-state index contributed by atoms with van der Waals surface area (Å²) in [6.45, 7) is 0.795. The third-order valence-electron chi connectivity index (χ3n) is 4.57. The SMILES string of the molecule is CN1CCC(Oc2c(OC3CCOC3)ccc(OC(N)=O)c2C#N)C(F)(F)C1. The highest BCUT2D eigenvalue weighted by Crippen LogP contribution is 2.41. The van der Waals surface area contributed by atoms with E-state index in [4.69, 9.17) is 24.7 Å². The molecule has 0 saturated carbocycles. The number of carbonyl (C=O) groups is 1. The molecule has 2 unspecified atom stereocenters. The molecule has 10 heteroatoms. The fourth-order valence-electron chi connectivity index (χ4n) is 3.22. The van der Waals surface area contributed by atoms with Crippen LogP contribution in [-0.4, -0.2) is 62.5 Å². The van der Waals surface area contributed by atoms with Gasteiger partial charge in [0.25, 0.3) is 5.92 Å². The maximum absolute atomic E-state index is 14.5. The van der Waals surface area contributed by atoms with Crippen molar-refractivity contribution in [3.63, 3.8) is 0 Å². The van der Waals surface area contributed by atoms with E-state index in [1.54, 1.807) is 7.05 Å². The number of alkyl halides is 2. The smallest absolute Gasteiger partial charge is 0.410 e. The molecule has 2 N–H and O–H groups in total. The lowest BCUT2D eigenvalue weighted by molar-refractivity contribution is -0.135.